The zero-order valence-electron chi connectivity index (χ0n) is 19.5. The van der Waals surface area contributed by atoms with E-state index >= 15 is 0 Å². The number of hydrogen-bond donors (Lipinski definition) is 1. The standard InChI is InChI=1S/C25H27F2N7/c1-25(2,3)33-15-13-32(14-16-33)18-9-7-17(8-10-18)29-24-31-23(30-21-11-12-28-34(21)24)22-19(26)5-4-6-20(22)27/h4-12H,13-16H2,1-3H3,(H,29,30,31). The van der Waals surface area contributed by atoms with Crippen LogP contribution in [-0.4, -0.2) is 56.2 Å². The second kappa shape index (κ2) is 8.64. The number of benzene rings is 2. The summed E-state index contributed by atoms with van der Waals surface area (Å²) in [5, 5.41) is 7.46. The first-order chi connectivity index (χ1) is 16.3. The molecule has 2 aromatic heterocycles. The summed E-state index contributed by atoms with van der Waals surface area (Å²) in [5.74, 6) is -1.16. The number of hydrogen-bond acceptors (Lipinski definition) is 6. The highest BCUT2D eigenvalue weighted by atomic mass is 19.1. The molecule has 1 aliphatic rings. The summed E-state index contributed by atoms with van der Waals surface area (Å²) in [4.78, 5) is 13.5. The number of nitrogens with one attached hydrogen (secondary N) is 1. The molecule has 9 heteroatoms. The third-order valence-corrected chi connectivity index (χ3v) is 6.16. The predicted molar refractivity (Wildman–Crippen MR) is 129 cm³/mol. The van der Waals surface area contributed by atoms with Crippen LogP contribution in [0, 0.1) is 11.6 Å². The van der Waals surface area contributed by atoms with Crippen molar-refractivity contribution in [3.05, 3.63) is 66.4 Å². The van der Waals surface area contributed by atoms with Crippen molar-refractivity contribution in [2.75, 3.05) is 36.4 Å². The minimum atomic E-state index is -0.717. The van der Waals surface area contributed by atoms with Gasteiger partial charge in [0, 0.05) is 49.2 Å². The number of halogens is 2. The van der Waals surface area contributed by atoms with Gasteiger partial charge in [0.15, 0.2) is 11.5 Å². The van der Waals surface area contributed by atoms with E-state index in [1.807, 2.05) is 12.1 Å². The minimum Gasteiger partial charge on any atom is -0.369 e. The summed E-state index contributed by atoms with van der Waals surface area (Å²) in [6.45, 7) is 10.7. The quantitative estimate of drug-likeness (QED) is 0.472. The SMILES string of the molecule is CC(C)(C)N1CCN(c2ccc(Nc3nc(-c4c(F)cccc4F)nc4ccnn34)cc2)CC1. The molecule has 3 heterocycles. The molecule has 1 saturated heterocycles. The molecule has 0 amide bonds. The Hall–Kier alpha value is -3.59. The first-order valence-electron chi connectivity index (χ1n) is 11.3. The molecule has 1 aliphatic heterocycles. The van der Waals surface area contributed by atoms with E-state index in [2.05, 4.69) is 63.1 Å². The van der Waals surface area contributed by atoms with Gasteiger partial charge in [0.2, 0.25) is 5.95 Å². The van der Waals surface area contributed by atoms with Gasteiger partial charge in [0.25, 0.3) is 0 Å². The van der Waals surface area contributed by atoms with E-state index in [4.69, 9.17) is 0 Å². The van der Waals surface area contributed by atoms with Gasteiger partial charge in [0.05, 0.1) is 11.8 Å². The lowest BCUT2D eigenvalue weighted by Crippen LogP contribution is -2.53. The first-order valence-corrected chi connectivity index (χ1v) is 11.3. The van der Waals surface area contributed by atoms with Crippen LogP contribution in [0.15, 0.2) is 54.7 Å². The molecular formula is C25H27F2N7. The van der Waals surface area contributed by atoms with Gasteiger partial charge in [-0.1, -0.05) is 6.07 Å². The Labute approximate surface area is 197 Å². The Morgan fingerprint density at radius 1 is 0.853 bits per heavy atom. The van der Waals surface area contributed by atoms with Crippen molar-refractivity contribution in [2.45, 2.75) is 26.3 Å². The smallest absolute Gasteiger partial charge is 0.232 e. The summed E-state index contributed by atoms with van der Waals surface area (Å²) in [7, 11) is 0. The second-order valence-corrected chi connectivity index (χ2v) is 9.39. The zero-order chi connectivity index (χ0) is 23.9. The van der Waals surface area contributed by atoms with Crippen LogP contribution in [0.1, 0.15) is 20.8 Å². The molecule has 4 aromatic rings. The first kappa shape index (κ1) is 22.2. The molecule has 176 valence electrons. The molecule has 5 rings (SSSR count). The Kier molecular flexibility index (Phi) is 5.65. The fourth-order valence-electron chi connectivity index (χ4n) is 4.25. The van der Waals surface area contributed by atoms with E-state index in [1.165, 1.54) is 22.7 Å². The van der Waals surface area contributed by atoms with Crippen LogP contribution in [0.3, 0.4) is 0 Å². The lowest BCUT2D eigenvalue weighted by molar-refractivity contribution is 0.128. The molecule has 7 nitrogen and oxygen atoms in total. The van der Waals surface area contributed by atoms with Crippen LogP contribution >= 0.6 is 0 Å². The molecule has 1 fully saturated rings. The monoisotopic (exact) mass is 463 g/mol. The van der Waals surface area contributed by atoms with Gasteiger partial charge >= 0.3 is 0 Å². The topological polar surface area (TPSA) is 61.6 Å². The van der Waals surface area contributed by atoms with Crippen molar-refractivity contribution in [3.8, 4) is 11.4 Å². The highest BCUT2D eigenvalue weighted by Gasteiger charge is 2.26. The summed E-state index contributed by atoms with van der Waals surface area (Å²) < 4.78 is 30.2. The summed E-state index contributed by atoms with van der Waals surface area (Å²) in [6.07, 6.45) is 1.57. The molecule has 0 atom stereocenters. The molecule has 2 aromatic carbocycles. The van der Waals surface area contributed by atoms with Gasteiger partial charge in [-0.2, -0.15) is 14.6 Å². The van der Waals surface area contributed by atoms with E-state index in [0.29, 0.717) is 11.6 Å². The largest absolute Gasteiger partial charge is 0.369 e. The predicted octanol–water partition coefficient (Wildman–Crippen LogP) is 4.73. The highest BCUT2D eigenvalue weighted by molar-refractivity contribution is 5.65. The summed E-state index contributed by atoms with van der Waals surface area (Å²) in [6, 6.07) is 13.4. The average molecular weight is 464 g/mol. The maximum Gasteiger partial charge on any atom is 0.232 e. The number of fused-ring (bicyclic) bond motifs is 1. The lowest BCUT2D eigenvalue weighted by Gasteiger charge is -2.43. The Bertz CT molecular complexity index is 1280. The molecular weight excluding hydrogens is 436 g/mol. The van der Waals surface area contributed by atoms with Gasteiger partial charge < -0.3 is 10.2 Å². The minimum absolute atomic E-state index is 0.0422. The average Bonchev–Trinajstić information content (AvgIpc) is 3.28. The van der Waals surface area contributed by atoms with Gasteiger partial charge in [-0.05, 0) is 57.2 Å². The molecule has 1 N–H and O–H groups in total. The third kappa shape index (κ3) is 4.31. The van der Waals surface area contributed by atoms with Crippen LogP contribution in [0.2, 0.25) is 0 Å². The van der Waals surface area contributed by atoms with Gasteiger partial charge in [-0.15, -0.1) is 0 Å². The fraction of sp³-hybridized carbons (Fsp3) is 0.320. The summed E-state index contributed by atoms with van der Waals surface area (Å²) >= 11 is 0. The lowest BCUT2D eigenvalue weighted by atomic mass is 10.0. The van der Waals surface area contributed by atoms with Crippen molar-refractivity contribution in [1.82, 2.24) is 24.5 Å². The molecule has 0 radical (unpaired) electrons. The highest BCUT2D eigenvalue weighted by Crippen LogP contribution is 2.27. The maximum atomic E-state index is 14.4. The molecule has 34 heavy (non-hydrogen) atoms. The van der Waals surface area contributed by atoms with Gasteiger partial charge in [-0.3, -0.25) is 4.90 Å². The van der Waals surface area contributed by atoms with Crippen molar-refractivity contribution >= 4 is 23.0 Å². The van der Waals surface area contributed by atoms with Crippen molar-refractivity contribution < 1.29 is 8.78 Å². The van der Waals surface area contributed by atoms with Gasteiger partial charge in [-0.25, -0.2) is 13.8 Å². The van der Waals surface area contributed by atoms with Crippen LogP contribution in [0.5, 0.6) is 0 Å². The second-order valence-electron chi connectivity index (χ2n) is 9.39. The third-order valence-electron chi connectivity index (χ3n) is 6.16. The Balaban J connectivity index is 1.38. The Morgan fingerprint density at radius 2 is 1.53 bits per heavy atom. The van der Waals surface area contributed by atoms with Crippen LogP contribution in [0.4, 0.5) is 26.1 Å². The van der Waals surface area contributed by atoms with Crippen LogP contribution in [-0.2, 0) is 0 Å². The van der Waals surface area contributed by atoms with Crippen LogP contribution in [0.25, 0.3) is 17.0 Å². The van der Waals surface area contributed by atoms with E-state index < -0.39 is 11.6 Å². The van der Waals surface area contributed by atoms with Crippen molar-refractivity contribution in [1.29, 1.82) is 0 Å². The molecule has 0 unspecified atom stereocenters. The zero-order valence-corrected chi connectivity index (χ0v) is 19.5. The van der Waals surface area contributed by atoms with Crippen molar-refractivity contribution in [2.24, 2.45) is 0 Å². The molecule has 0 bridgehead atoms. The van der Waals surface area contributed by atoms with E-state index in [-0.39, 0.29) is 16.9 Å². The number of nitrogens with zero attached hydrogens (tertiary/aromatic N) is 6. The van der Waals surface area contributed by atoms with Crippen molar-refractivity contribution in [3.63, 3.8) is 0 Å². The number of rotatable bonds is 4. The van der Waals surface area contributed by atoms with Gasteiger partial charge in [0.1, 0.15) is 11.6 Å². The summed E-state index contributed by atoms with van der Waals surface area (Å²) in [5.41, 5.74) is 2.29. The fourth-order valence-corrected chi connectivity index (χ4v) is 4.25. The number of piperazine rings is 1. The maximum absolute atomic E-state index is 14.4. The van der Waals surface area contributed by atoms with Crippen LogP contribution < -0.4 is 10.2 Å². The Morgan fingerprint density at radius 3 is 2.18 bits per heavy atom. The number of aromatic nitrogens is 4. The van der Waals surface area contributed by atoms with E-state index in [0.717, 1.165) is 37.6 Å². The normalized spacial score (nSPS) is 15.1. The molecule has 0 spiro atoms. The molecule has 0 saturated carbocycles. The van der Waals surface area contributed by atoms with E-state index in [1.54, 1.807) is 12.3 Å². The van der Waals surface area contributed by atoms with E-state index in [9.17, 15) is 8.78 Å². The molecule has 0 aliphatic carbocycles. The number of anilines is 3.